The quantitative estimate of drug-likeness (QED) is 0.216. The van der Waals surface area contributed by atoms with E-state index in [1.807, 2.05) is 69.3 Å². The highest BCUT2D eigenvalue weighted by Crippen LogP contribution is 2.30. The summed E-state index contributed by atoms with van der Waals surface area (Å²) in [5.41, 5.74) is 4.55. The number of hydrogen-bond acceptors (Lipinski definition) is 5. The monoisotopic (exact) mass is 490 g/mol. The molecule has 180 valence electrons. The van der Waals surface area contributed by atoms with Crippen LogP contribution in [0.25, 0.3) is 22.2 Å². The number of ether oxygens (including phenoxy) is 2. The molecular formula is C28H27ClN2O4. The van der Waals surface area contributed by atoms with E-state index in [0.717, 1.165) is 11.4 Å². The molecule has 0 N–H and O–H groups in total. The summed E-state index contributed by atoms with van der Waals surface area (Å²) in [6.45, 7) is 6.03. The summed E-state index contributed by atoms with van der Waals surface area (Å²) in [6, 6.07) is 18.2. The van der Waals surface area contributed by atoms with Crippen LogP contribution in [0, 0.1) is 13.8 Å². The Kier molecular flexibility index (Phi) is 7.34. The second kappa shape index (κ2) is 10.4. The fraction of sp³-hybridized carbons (Fsp3) is 0.250. The molecule has 1 atom stereocenters. The molecule has 0 amide bonds. The van der Waals surface area contributed by atoms with Gasteiger partial charge in [-0.25, -0.2) is 9.78 Å². The summed E-state index contributed by atoms with van der Waals surface area (Å²) in [5, 5.41) is 1.18. The molecule has 6 nitrogen and oxygen atoms in total. The molecule has 4 aromatic rings. The van der Waals surface area contributed by atoms with Gasteiger partial charge in [-0.2, -0.15) is 0 Å². The lowest BCUT2D eigenvalue weighted by molar-refractivity contribution is 0.0476. The fourth-order valence-electron chi connectivity index (χ4n) is 4.49. The van der Waals surface area contributed by atoms with Gasteiger partial charge in [0.15, 0.2) is 6.61 Å². The second-order valence-corrected chi connectivity index (χ2v) is 8.92. The Balaban J connectivity index is 1.61. The van der Waals surface area contributed by atoms with Crippen molar-refractivity contribution in [2.75, 3.05) is 20.3 Å². The minimum absolute atomic E-state index is 0.0792. The van der Waals surface area contributed by atoms with Crippen molar-refractivity contribution in [1.29, 1.82) is 0 Å². The van der Waals surface area contributed by atoms with E-state index < -0.39 is 5.97 Å². The van der Waals surface area contributed by atoms with Gasteiger partial charge in [0.05, 0.1) is 29.4 Å². The van der Waals surface area contributed by atoms with Gasteiger partial charge < -0.3 is 14.0 Å². The van der Waals surface area contributed by atoms with E-state index in [0.29, 0.717) is 44.9 Å². The molecular weight excluding hydrogens is 464 g/mol. The standard InChI is InChI=1S/C28H27ClN2O4/c1-17-13-22(19(3)31(17)18(2)15-34-4)27(32)16-35-28(33)23-14-26(21-10-5-7-11-24(21)29)30-25-12-8-6-9-20(23)25/h5-14,18H,15-16H2,1-4H3/t18-/m0/s1. The predicted molar refractivity (Wildman–Crippen MR) is 137 cm³/mol. The number of carbonyl (C=O) groups is 2. The van der Waals surface area contributed by atoms with Crippen molar-refractivity contribution in [2.24, 2.45) is 0 Å². The molecule has 0 aliphatic rings. The number of benzene rings is 2. The van der Waals surface area contributed by atoms with Gasteiger partial charge in [-0.3, -0.25) is 4.79 Å². The number of Topliss-reactive ketones (excluding diaryl/α,β-unsaturated/α-hetero) is 1. The summed E-state index contributed by atoms with van der Waals surface area (Å²) in [6.07, 6.45) is 0. The van der Waals surface area contributed by atoms with E-state index in [1.54, 1.807) is 19.2 Å². The Morgan fingerprint density at radius 2 is 1.74 bits per heavy atom. The Bertz CT molecular complexity index is 1410. The van der Waals surface area contributed by atoms with E-state index in [-0.39, 0.29) is 18.4 Å². The van der Waals surface area contributed by atoms with Crippen LogP contribution in [0.3, 0.4) is 0 Å². The van der Waals surface area contributed by atoms with Crippen molar-refractivity contribution in [1.82, 2.24) is 9.55 Å². The maximum absolute atomic E-state index is 13.2. The number of methoxy groups -OCH3 is 1. The number of rotatable bonds is 8. The zero-order chi connectivity index (χ0) is 25.1. The zero-order valence-corrected chi connectivity index (χ0v) is 20.9. The van der Waals surface area contributed by atoms with Crippen molar-refractivity contribution in [3.63, 3.8) is 0 Å². The van der Waals surface area contributed by atoms with Crippen LogP contribution in [0.1, 0.15) is 45.1 Å². The van der Waals surface area contributed by atoms with E-state index in [9.17, 15) is 9.59 Å². The van der Waals surface area contributed by atoms with Crippen molar-refractivity contribution in [3.8, 4) is 11.3 Å². The van der Waals surface area contributed by atoms with Crippen molar-refractivity contribution in [2.45, 2.75) is 26.8 Å². The van der Waals surface area contributed by atoms with Crippen LogP contribution in [-0.2, 0) is 9.47 Å². The highest BCUT2D eigenvalue weighted by atomic mass is 35.5. The number of aromatic nitrogens is 2. The van der Waals surface area contributed by atoms with Gasteiger partial charge in [0, 0.05) is 40.0 Å². The lowest BCUT2D eigenvalue weighted by atomic mass is 10.0. The molecule has 4 rings (SSSR count). The number of hydrogen-bond donors (Lipinski definition) is 0. The number of ketones is 1. The zero-order valence-electron chi connectivity index (χ0n) is 20.2. The van der Waals surface area contributed by atoms with Gasteiger partial charge >= 0.3 is 5.97 Å². The number of pyridine rings is 1. The Morgan fingerprint density at radius 1 is 1.03 bits per heavy atom. The Hall–Kier alpha value is -3.48. The van der Waals surface area contributed by atoms with Gasteiger partial charge in [-0.05, 0) is 45.0 Å². The predicted octanol–water partition coefficient (Wildman–Crippen LogP) is 6.22. The van der Waals surface area contributed by atoms with Gasteiger partial charge in [-0.15, -0.1) is 0 Å². The smallest absolute Gasteiger partial charge is 0.339 e. The molecule has 2 aromatic heterocycles. The highest BCUT2D eigenvalue weighted by molar-refractivity contribution is 6.33. The van der Waals surface area contributed by atoms with Gasteiger partial charge in [0.1, 0.15) is 0 Å². The molecule has 35 heavy (non-hydrogen) atoms. The Labute approximate surface area is 209 Å². The van der Waals surface area contributed by atoms with Gasteiger partial charge in [-0.1, -0.05) is 48.0 Å². The molecule has 0 radical (unpaired) electrons. The SMILES string of the molecule is COC[C@H](C)n1c(C)cc(C(=O)COC(=O)c2cc(-c3ccccc3Cl)nc3ccccc23)c1C. The first kappa shape index (κ1) is 24.6. The molecule has 7 heteroatoms. The van der Waals surface area contributed by atoms with E-state index in [4.69, 9.17) is 21.1 Å². The maximum Gasteiger partial charge on any atom is 0.339 e. The number of nitrogens with zero attached hydrogens (tertiary/aromatic N) is 2. The molecule has 2 heterocycles. The van der Waals surface area contributed by atoms with Crippen LogP contribution >= 0.6 is 11.6 Å². The lowest BCUT2D eigenvalue weighted by Gasteiger charge is -2.17. The summed E-state index contributed by atoms with van der Waals surface area (Å²) >= 11 is 6.37. The third kappa shape index (κ3) is 4.99. The van der Waals surface area contributed by atoms with E-state index >= 15 is 0 Å². The summed E-state index contributed by atoms with van der Waals surface area (Å²) < 4.78 is 12.8. The summed E-state index contributed by atoms with van der Waals surface area (Å²) in [7, 11) is 1.65. The molecule has 0 spiro atoms. The van der Waals surface area contributed by atoms with Crippen molar-refractivity contribution >= 4 is 34.3 Å². The number of halogens is 1. The van der Waals surface area contributed by atoms with Crippen LogP contribution < -0.4 is 0 Å². The van der Waals surface area contributed by atoms with Crippen LogP contribution in [0.5, 0.6) is 0 Å². The first-order chi connectivity index (χ1) is 16.8. The summed E-state index contributed by atoms with van der Waals surface area (Å²) in [4.78, 5) is 30.8. The number of esters is 1. The maximum atomic E-state index is 13.2. The third-order valence-electron chi connectivity index (χ3n) is 6.05. The lowest BCUT2D eigenvalue weighted by Crippen LogP contribution is -2.17. The molecule has 0 bridgehead atoms. The number of carbonyl (C=O) groups excluding carboxylic acids is 2. The number of para-hydroxylation sites is 1. The highest BCUT2D eigenvalue weighted by Gasteiger charge is 2.21. The number of aryl methyl sites for hydroxylation is 1. The third-order valence-corrected chi connectivity index (χ3v) is 6.38. The first-order valence-corrected chi connectivity index (χ1v) is 11.7. The van der Waals surface area contributed by atoms with Crippen LogP contribution in [0.4, 0.5) is 0 Å². The van der Waals surface area contributed by atoms with Gasteiger partial charge in [0.2, 0.25) is 5.78 Å². The van der Waals surface area contributed by atoms with Crippen molar-refractivity contribution in [3.05, 3.63) is 88.2 Å². The summed E-state index contributed by atoms with van der Waals surface area (Å²) in [5.74, 6) is -0.848. The van der Waals surface area contributed by atoms with E-state index in [1.165, 1.54) is 0 Å². The average molecular weight is 491 g/mol. The first-order valence-electron chi connectivity index (χ1n) is 11.3. The molecule has 0 aliphatic carbocycles. The molecule has 0 aliphatic heterocycles. The molecule has 0 saturated carbocycles. The normalized spacial score (nSPS) is 12.0. The van der Waals surface area contributed by atoms with Gasteiger partial charge in [0.25, 0.3) is 0 Å². The van der Waals surface area contributed by atoms with Crippen LogP contribution in [0.2, 0.25) is 5.02 Å². The minimum Gasteiger partial charge on any atom is -0.454 e. The van der Waals surface area contributed by atoms with E-state index in [2.05, 4.69) is 9.55 Å². The van der Waals surface area contributed by atoms with Crippen LogP contribution in [0.15, 0.2) is 60.7 Å². The van der Waals surface area contributed by atoms with Crippen LogP contribution in [-0.4, -0.2) is 41.6 Å². The Morgan fingerprint density at radius 3 is 2.49 bits per heavy atom. The molecule has 0 unspecified atom stereocenters. The average Bonchev–Trinajstić information content (AvgIpc) is 3.15. The molecule has 0 fully saturated rings. The topological polar surface area (TPSA) is 70.4 Å². The minimum atomic E-state index is -0.591. The second-order valence-electron chi connectivity index (χ2n) is 8.51. The molecule has 2 aromatic carbocycles. The number of fused-ring (bicyclic) bond motifs is 1. The molecule has 0 saturated heterocycles. The van der Waals surface area contributed by atoms with Crippen molar-refractivity contribution < 1.29 is 19.1 Å². The fourth-order valence-corrected chi connectivity index (χ4v) is 4.72. The largest absolute Gasteiger partial charge is 0.454 e.